The topological polar surface area (TPSA) is 67.4 Å². The van der Waals surface area contributed by atoms with Crippen LogP contribution in [0.2, 0.25) is 6.04 Å². The number of rotatable bonds is 14. The molecule has 1 N–H and O–H groups in total. The Hall–Kier alpha value is -0.786. The quantitative estimate of drug-likeness (QED) is 0.367. The van der Waals surface area contributed by atoms with E-state index < -0.39 is 18.3 Å². The van der Waals surface area contributed by atoms with Crippen LogP contribution < -0.4 is 5.32 Å². The smallest absolute Gasteiger partial charge is 0.385 e. The van der Waals surface area contributed by atoms with Gasteiger partial charge in [-0.25, -0.2) is 0 Å². The summed E-state index contributed by atoms with van der Waals surface area (Å²) in [6.45, 7) is 8.74. The molecule has 0 radical (unpaired) electrons. The first-order valence-corrected chi connectivity index (χ1v) is 12.7. The first kappa shape index (κ1) is 26.2. The molecule has 7 nitrogen and oxygen atoms in total. The summed E-state index contributed by atoms with van der Waals surface area (Å²) in [5.41, 5.74) is 1.13. The minimum atomic E-state index is -2.40. The Kier molecular flexibility index (Phi) is 16.8. The summed E-state index contributed by atoms with van der Waals surface area (Å²) < 4.78 is 31.7. The van der Waals surface area contributed by atoms with Crippen LogP contribution in [-0.4, -0.2) is 66.0 Å². The van der Waals surface area contributed by atoms with Crippen LogP contribution in [0.4, 0.5) is 5.69 Å². The van der Waals surface area contributed by atoms with Crippen molar-refractivity contribution in [2.45, 2.75) is 33.2 Å². The number of para-hydroxylation sites is 1. The van der Waals surface area contributed by atoms with Gasteiger partial charge in [-0.05, 0) is 39.3 Å². The van der Waals surface area contributed by atoms with Gasteiger partial charge in [-0.1, -0.05) is 18.2 Å². The van der Waals surface area contributed by atoms with E-state index in [4.69, 9.17) is 26.6 Å². The summed E-state index contributed by atoms with van der Waals surface area (Å²) in [6.07, 6.45) is 0.955. The zero-order chi connectivity index (χ0) is 20.4. The van der Waals surface area contributed by atoms with Crippen molar-refractivity contribution in [1.29, 1.82) is 0 Å². The minimum Gasteiger partial charge on any atom is -0.385 e. The van der Waals surface area contributed by atoms with Gasteiger partial charge >= 0.3 is 18.3 Å². The molecule has 0 fully saturated rings. The lowest BCUT2D eigenvalue weighted by Crippen LogP contribution is -2.42. The zero-order valence-corrected chi connectivity index (χ0v) is 19.8. The van der Waals surface area contributed by atoms with E-state index in [2.05, 4.69) is 5.32 Å². The molecule has 27 heavy (non-hydrogen) atoms. The second-order valence-electron chi connectivity index (χ2n) is 5.35. The van der Waals surface area contributed by atoms with E-state index in [1.165, 1.54) is 0 Å². The monoisotopic (exact) mass is 419 g/mol. The molecule has 9 heteroatoms. The predicted octanol–water partition coefficient (Wildman–Crippen LogP) is 3.18. The molecule has 0 saturated carbocycles. The summed E-state index contributed by atoms with van der Waals surface area (Å²) in [6, 6.07) is 10.9. The molecule has 0 aliphatic rings. The number of anilines is 1. The standard InChI is InChI=1S/C12H21NO3Si.C6H16O3Si/c1-14-17(15-2,16-3)11-7-10-13-12-8-5-4-6-9-12;1-4-7-10(8-5-2)9-6-3/h4-6,8-9,13H,7,10-11H2,1-3H3;10H,4-6H2,1-3H3. The van der Waals surface area contributed by atoms with Crippen LogP contribution in [0.15, 0.2) is 30.3 Å². The van der Waals surface area contributed by atoms with Gasteiger partial charge in [0.2, 0.25) is 0 Å². The first-order valence-electron chi connectivity index (χ1n) is 9.40. The molecule has 0 aliphatic carbocycles. The van der Waals surface area contributed by atoms with Crippen molar-refractivity contribution in [2.75, 3.05) is 53.0 Å². The number of benzene rings is 1. The van der Waals surface area contributed by atoms with E-state index in [1.54, 1.807) is 21.3 Å². The normalized spacial score (nSPS) is 11.2. The van der Waals surface area contributed by atoms with Crippen LogP contribution in [0.3, 0.4) is 0 Å². The van der Waals surface area contributed by atoms with Crippen molar-refractivity contribution in [2.24, 2.45) is 0 Å². The van der Waals surface area contributed by atoms with Crippen molar-refractivity contribution < 1.29 is 26.6 Å². The van der Waals surface area contributed by atoms with Gasteiger partial charge in [0.05, 0.1) is 0 Å². The molecule has 0 heterocycles. The highest BCUT2D eigenvalue weighted by atomic mass is 28.4. The fourth-order valence-electron chi connectivity index (χ4n) is 2.20. The number of hydrogen-bond donors (Lipinski definition) is 1. The number of nitrogens with one attached hydrogen (secondary N) is 1. The van der Waals surface area contributed by atoms with E-state index >= 15 is 0 Å². The fraction of sp³-hybridized carbons (Fsp3) is 0.667. The number of hydrogen-bond acceptors (Lipinski definition) is 7. The highest BCUT2D eigenvalue weighted by Crippen LogP contribution is 2.15. The van der Waals surface area contributed by atoms with Gasteiger partial charge in [-0.3, -0.25) is 0 Å². The molecule has 0 amide bonds. The Balaban J connectivity index is 0.000000580. The fourth-order valence-corrected chi connectivity index (χ4v) is 5.03. The molecule has 0 spiro atoms. The van der Waals surface area contributed by atoms with E-state index in [0.29, 0.717) is 19.8 Å². The van der Waals surface area contributed by atoms with Crippen molar-refractivity contribution >= 4 is 24.0 Å². The Morgan fingerprint density at radius 1 is 0.815 bits per heavy atom. The first-order chi connectivity index (χ1) is 13.1. The van der Waals surface area contributed by atoms with Gasteiger partial charge in [0.25, 0.3) is 0 Å². The molecule has 0 saturated heterocycles. The van der Waals surface area contributed by atoms with Crippen molar-refractivity contribution in [1.82, 2.24) is 0 Å². The molecule has 0 aromatic heterocycles. The average molecular weight is 420 g/mol. The van der Waals surface area contributed by atoms with Crippen molar-refractivity contribution in [3.05, 3.63) is 30.3 Å². The van der Waals surface area contributed by atoms with Crippen LogP contribution in [0.25, 0.3) is 0 Å². The van der Waals surface area contributed by atoms with Gasteiger partial charge in [0, 0.05) is 59.4 Å². The van der Waals surface area contributed by atoms with Crippen LogP contribution in [0.1, 0.15) is 27.2 Å². The summed E-state index contributed by atoms with van der Waals surface area (Å²) in [7, 11) is 0.799. The Bertz CT molecular complexity index is 415. The third-order valence-corrected chi connectivity index (χ3v) is 8.25. The molecular formula is C18H37NO6Si2. The second-order valence-corrected chi connectivity index (χ2v) is 10.0. The van der Waals surface area contributed by atoms with Gasteiger partial charge in [-0.15, -0.1) is 0 Å². The Morgan fingerprint density at radius 2 is 1.30 bits per heavy atom. The van der Waals surface area contributed by atoms with Gasteiger partial charge in [0.1, 0.15) is 0 Å². The van der Waals surface area contributed by atoms with E-state index in [0.717, 1.165) is 24.7 Å². The molecule has 158 valence electrons. The average Bonchev–Trinajstić information content (AvgIpc) is 2.71. The second kappa shape index (κ2) is 17.3. The molecule has 1 rings (SSSR count). The molecule has 1 aromatic carbocycles. The molecule has 1 aromatic rings. The summed E-state index contributed by atoms with van der Waals surface area (Å²) in [4.78, 5) is 0. The summed E-state index contributed by atoms with van der Waals surface area (Å²) in [5.74, 6) is 0. The Morgan fingerprint density at radius 3 is 1.70 bits per heavy atom. The molecule has 0 bridgehead atoms. The van der Waals surface area contributed by atoms with Crippen LogP contribution >= 0.6 is 0 Å². The van der Waals surface area contributed by atoms with Gasteiger partial charge < -0.3 is 31.9 Å². The Labute approximate surface area is 167 Å². The maximum atomic E-state index is 5.36. The highest BCUT2D eigenvalue weighted by Gasteiger charge is 2.36. The van der Waals surface area contributed by atoms with Crippen LogP contribution in [0, 0.1) is 0 Å². The maximum Gasteiger partial charge on any atom is 0.500 e. The van der Waals surface area contributed by atoms with E-state index in [9.17, 15) is 0 Å². The summed E-state index contributed by atoms with van der Waals surface area (Å²) >= 11 is 0. The molecular weight excluding hydrogens is 382 g/mol. The van der Waals surface area contributed by atoms with Crippen molar-refractivity contribution in [3.8, 4) is 0 Å². The third kappa shape index (κ3) is 12.3. The third-order valence-electron chi connectivity index (χ3n) is 3.60. The lowest BCUT2D eigenvalue weighted by Gasteiger charge is -2.24. The highest BCUT2D eigenvalue weighted by molar-refractivity contribution is 6.60. The maximum absolute atomic E-state index is 5.36. The largest absolute Gasteiger partial charge is 0.500 e. The molecule has 0 aliphatic heterocycles. The van der Waals surface area contributed by atoms with E-state index in [1.807, 2.05) is 51.1 Å². The van der Waals surface area contributed by atoms with E-state index in [-0.39, 0.29) is 0 Å². The van der Waals surface area contributed by atoms with Gasteiger partial charge in [-0.2, -0.15) is 0 Å². The van der Waals surface area contributed by atoms with Crippen molar-refractivity contribution in [3.63, 3.8) is 0 Å². The lowest BCUT2D eigenvalue weighted by molar-refractivity contribution is 0.107. The minimum absolute atomic E-state index is 0.677. The van der Waals surface area contributed by atoms with Gasteiger partial charge in [0.15, 0.2) is 0 Å². The molecule has 0 atom stereocenters. The summed E-state index contributed by atoms with van der Waals surface area (Å²) in [5, 5.41) is 3.35. The zero-order valence-electron chi connectivity index (χ0n) is 17.7. The van der Waals surface area contributed by atoms with Crippen LogP contribution in [-0.2, 0) is 26.6 Å². The SMILES string of the molecule is CCO[SiH](OCC)OCC.CO[Si](CCCNc1ccccc1)(OC)OC. The predicted molar refractivity (Wildman–Crippen MR) is 113 cm³/mol. The van der Waals surface area contributed by atoms with Crippen LogP contribution in [0.5, 0.6) is 0 Å². The lowest BCUT2D eigenvalue weighted by atomic mass is 10.3. The molecule has 0 unspecified atom stereocenters.